The minimum atomic E-state index is 0. The van der Waals surface area contributed by atoms with Gasteiger partial charge in [-0.3, -0.25) is 0 Å². The van der Waals surface area contributed by atoms with Gasteiger partial charge in [0.15, 0.2) is 0 Å². The van der Waals surface area contributed by atoms with Crippen LogP contribution in [0.3, 0.4) is 0 Å². The van der Waals surface area contributed by atoms with Gasteiger partial charge in [-0.1, -0.05) is 44.8 Å². The molecule has 0 heterocycles. The molecule has 0 aromatic carbocycles. The fourth-order valence-corrected chi connectivity index (χ4v) is 1.04. The van der Waals surface area contributed by atoms with Crippen molar-refractivity contribution < 1.29 is 12.4 Å². The number of hydrogen-bond acceptors (Lipinski definition) is 0. The van der Waals surface area contributed by atoms with Crippen LogP contribution in [0.1, 0.15) is 51.9 Å². The van der Waals surface area contributed by atoms with Crippen molar-refractivity contribution in [2.75, 3.05) is 0 Å². The predicted molar refractivity (Wildman–Crippen MR) is 58.2 cm³/mol. The Balaban J connectivity index is -0.000000500. The molecule has 0 aliphatic carbocycles. The normalized spacial score (nSPS) is 9.38. The van der Waals surface area contributed by atoms with Crippen LogP contribution in [0.4, 0.5) is 0 Å². The Morgan fingerprint density at radius 3 is 2.15 bits per heavy atom. The molecule has 0 N–H and O–H groups in total. The Morgan fingerprint density at radius 2 is 1.62 bits per heavy atom. The molecule has 0 nitrogen and oxygen atoms in total. The zero-order valence-electron chi connectivity index (χ0n) is 8.90. The van der Waals surface area contributed by atoms with Gasteiger partial charge in [0.2, 0.25) is 0 Å². The summed E-state index contributed by atoms with van der Waals surface area (Å²) < 4.78 is 0. The van der Waals surface area contributed by atoms with E-state index in [2.05, 4.69) is 26.0 Å². The minimum Gasteiger partial charge on any atom is -1.00 e. The zero-order chi connectivity index (χ0) is 8.36. The maximum absolute atomic E-state index is 3.78. The van der Waals surface area contributed by atoms with Crippen molar-refractivity contribution in [3.05, 3.63) is 19.1 Å². The van der Waals surface area contributed by atoms with Crippen LogP contribution in [0.15, 0.2) is 12.2 Å². The molecule has 0 rings (SSSR count). The molecule has 13 heavy (non-hydrogen) atoms. The van der Waals surface area contributed by atoms with E-state index in [-0.39, 0.29) is 35.5 Å². The van der Waals surface area contributed by atoms with E-state index in [0.29, 0.717) is 0 Å². The molecule has 0 fully saturated rings. The van der Waals surface area contributed by atoms with E-state index in [4.69, 9.17) is 0 Å². The molecule has 0 aliphatic rings. The SMILES string of the molecule is [CH2-]CC/C=C\CCCCCC.[Cl-].[Mg+2]. The predicted octanol–water partition coefficient (Wildman–Crippen LogP) is 0.750. The summed E-state index contributed by atoms with van der Waals surface area (Å²) in [6.45, 7) is 6.03. The van der Waals surface area contributed by atoms with E-state index in [1.165, 1.54) is 32.1 Å². The van der Waals surface area contributed by atoms with Gasteiger partial charge in [0, 0.05) is 0 Å². The first-order valence-corrected chi connectivity index (χ1v) is 4.86. The minimum absolute atomic E-state index is 0. The Morgan fingerprint density at radius 1 is 1.00 bits per heavy atom. The van der Waals surface area contributed by atoms with E-state index in [1.807, 2.05) is 0 Å². The van der Waals surface area contributed by atoms with E-state index in [9.17, 15) is 0 Å². The van der Waals surface area contributed by atoms with Crippen LogP contribution in [0.5, 0.6) is 0 Å². The van der Waals surface area contributed by atoms with E-state index in [0.717, 1.165) is 12.8 Å². The van der Waals surface area contributed by atoms with Crippen LogP contribution >= 0.6 is 0 Å². The summed E-state index contributed by atoms with van der Waals surface area (Å²) in [5.74, 6) is 0. The van der Waals surface area contributed by atoms with Crippen molar-refractivity contribution in [1.29, 1.82) is 0 Å². The first kappa shape index (κ1) is 19.4. The van der Waals surface area contributed by atoms with Crippen LogP contribution in [0.25, 0.3) is 0 Å². The summed E-state index contributed by atoms with van der Waals surface area (Å²) in [5, 5.41) is 0. The van der Waals surface area contributed by atoms with Gasteiger partial charge < -0.3 is 19.3 Å². The largest absolute Gasteiger partial charge is 2.00 e. The topological polar surface area (TPSA) is 0 Å². The summed E-state index contributed by atoms with van der Waals surface area (Å²) in [7, 11) is 0. The molecule has 0 unspecified atom stereocenters. The first-order valence-electron chi connectivity index (χ1n) is 4.86. The van der Waals surface area contributed by atoms with Crippen molar-refractivity contribution in [2.24, 2.45) is 0 Å². The molecule has 0 spiro atoms. The Hall–Kier alpha value is 0.796. The van der Waals surface area contributed by atoms with E-state index < -0.39 is 0 Å². The zero-order valence-corrected chi connectivity index (χ0v) is 11.1. The monoisotopic (exact) mass is 212 g/mol. The Kier molecular flexibility index (Phi) is 27.7. The number of hydrogen-bond donors (Lipinski definition) is 0. The molecule has 0 atom stereocenters. The molecule has 0 amide bonds. The van der Waals surface area contributed by atoms with Crippen molar-refractivity contribution in [3.8, 4) is 0 Å². The average molecular weight is 213 g/mol. The number of halogens is 1. The Bertz CT molecular complexity index is 92.1. The van der Waals surface area contributed by atoms with Crippen LogP contribution in [-0.4, -0.2) is 23.1 Å². The van der Waals surface area contributed by atoms with Gasteiger partial charge >= 0.3 is 23.1 Å². The molecular formula is C11H21ClMg. The summed E-state index contributed by atoms with van der Waals surface area (Å²) in [6, 6.07) is 0. The molecule has 0 saturated carbocycles. The third-order valence-electron chi connectivity index (χ3n) is 1.76. The summed E-state index contributed by atoms with van der Waals surface area (Å²) in [6.07, 6.45) is 13.5. The number of rotatable bonds is 7. The van der Waals surface area contributed by atoms with Crippen LogP contribution < -0.4 is 12.4 Å². The maximum Gasteiger partial charge on any atom is 2.00 e. The van der Waals surface area contributed by atoms with Crippen molar-refractivity contribution >= 4 is 23.1 Å². The third kappa shape index (κ3) is 19.3. The van der Waals surface area contributed by atoms with Gasteiger partial charge in [-0.15, -0.1) is 0 Å². The van der Waals surface area contributed by atoms with Crippen LogP contribution in [-0.2, 0) is 0 Å². The molecule has 0 aliphatic heterocycles. The second-order valence-electron chi connectivity index (χ2n) is 2.96. The molecule has 0 aromatic rings. The van der Waals surface area contributed by atoms with Gasteiger partial charge in [0.25, 0.3) is 0 Å². The molecular weight excluding hydrogens is 192 g/mol. The fraction of sp³-hybridized carbons (Fsp3) is 0.727. The number of unbranched alkanes of at least 4 members (excludes halogenated alkanes) is 5. The Labute approximate surface area is 106 Å². The quantitative estimate of drug-likeness (QED) is 0.253. The van der Waals surface area contributed by atoms with E-state index in [1.54, 1.807) is 0 Å². The molecule has 0 saturated heterocycles. The molecule has 0 radical (unpaired) electrons. The summed E-state index contributed by atoms with van der Waals surface area (Å²) in [4.78, 5) is 0. The van der Waals surface area contributed by atoms with Crippen molar-refractivity contribution in [2.45, 2.75) is 51.9 Å². The molecule has 0 bridgehead atoms. The smallest absolute Gasteiger partial charge is 1.00 e. The van der Waals surface area contributed by atoms with Gasteiger partial charge in [-0.05, 0) is 12.8 Å². The van der Waals surface area contributed by atoms with Crippen molar-refractivity contribution in [3.63, 3.8) is 0 Å². The van der Waals surface area contributed by atoms with E-state index >= 15 is 0 Å². The maximum atomic E-state index is 3.78. The standard InChI is InChI=1S/C11H21.ClH.Mg/c1-3-5-7-9-11-10-8-6-4-2;;/h7,9H,1,3-6,8,10-11H2,2H3;1H;/q-1;;+2/p-1/b9-7-;;. The van der Waals surface area contributed by atoms with Crippen LogP contribution in [0.2, 0.25) is 0 Å². The summed E-state index contributed by atoms with van der Waals surface area (Å²) in [5.41, 5.74) is 0. The van der Waals surface area contributed by atoms with Gasteiger partial charge in [0.05, 0.1) is 0 Å². The third-order valence-corrected chi connectivity index (χ3v) is 1.76. The van der Waals surface area contributed by atoms with Gasteiger partial charge in [-0.25, -0.2) is 0 Å². The number of allylic oxidation sites excluding steroid dienone is 2. The van der Waals surface area contributed by atoms with Gasteiger partial charge in [0.1, 0.15) is 0 Å². The summed E-state index contributed by atoms with van der Waals surface area (Å²) >= 11 is 0. The van der Waals surface area contributed by atoms with Crippen LogP contribution in [0, 0.1) is 6.92 Å². The van der Waals surface area contributed by atoms with Gasteiger partial charge in [-0.2, -0.15) is 6.42 Å². The second kappa shape index (κ2) is 18.6. The first-order chi connectivity index (χ1) is 5.41. The molecule has 74 valence electrons. The van der Waals surface area contributed by atoms with Crippen molar-refractivity contribution in [1.82, 2.24) is 0 Å². The fourth-order valence-electron chi connectivity index (χ4n) is 1.04. The average Bonchev–Trinajstić information content (AvgIpc) is 2.03. The molecule has 2 heteroatoms. The second-order valence-corrected chi connectivity index (χ2v) is 2.96. The molecule has 0 aromatic heterocycles.